The number of rotatable bonds is 7. The third-order valence-electron chi connectivity index (χ3n) is 3.19. The van der Waals surface area contributed by atoms with Crippen LogP contribution in [0.5, 0.6) is 5.75 Å². The van der Waals surface area contributed by atoms with Crippen LogP contribution in [0, 0.1) is 0 Å². The second-order valence-electron chi connectivity index (χ2n) is 4.96. The Bertz CT molecular complexity index is 714. The molecule has 0 aliphatic rings. The molecule has 0 saturated carbocycles. The Kier molecular flexibility index (Phi) is 6.33. The molecule has 0 aliphatic carbocycles. The number of nitrogens with one attached hydrogen (secondary N) is 1. The van der Waals surface area contributed by atoms with Gasteiger partial charge in [0, 0.05) is 7.11 Å². The lowest BCUT2D eigenvalue weighted by atomic mass is 10.1. The molecule has 24 heavy (non-hydrogen) atoms. The van der Waals surface area contributed by atoms with Crippen LogP contribution in [0.3, 0.4) is 0 Å². The second kappa shape index (κ2) is 8.69. The van der Waals surface area contributed by atoms with E-state index in [9.17, 15) is 9.59 Å². The first-order valence-electron chi connectivity index (χ1n) is 7.32. The van der Waals surface area contributed by atoms with Crippen LogP contribution >= 0.6 is 0 Å². The van der Waals surface area contributed by atoms with Gasteiger partial charge in [0.2, 0.25) is 0 Å². The molecule has 2 rings (SSSR count). The zero-order valence-corrected chi connectivity index (χ0v) is 13.6. The van der Waals surface area contributed by atoms with Crippen LogP contribution in [-0.4, -0.2) is 32.7 Å². The maximum Gasteiger partial charge on any atom is 0.338 e. The summed E-state index contributed by atoms with van der Waals surface area (Å²) in [6.45, 7) is 0.0147. The summed E-state index contributed by atoms with van der Waals surface area (Å²) in [6, 6.07) is 13.9. The number of para-hydroxylation sites is 2. The number of methoxy groups -OCH3 is 2. The highest BCUT2D eigenvalue weighted by Gasteiger charge is 2.12. The van der Waals surface area contributed by atoms with Gasteiger partial charge in [0.05, 0.1) is 25.0 Å². The molecule has 6 heteroatoms. The molecule has 0 aromatic heterocycles. The minimum Gasteiger partial charge on any atom is -0.495 e. The van der Waals surface area contributed by atoms with Crippen molar-refractivity contribution in [1.82, 2.24) is 0 Å². The van der Waals surface area contributed by atoms with E-state index < -0.39 is 11.9 Å². The molecule has 0 aliphatic heterocycles. The predicted molar refractivity (Wildman–Crippen MR) is 89.1 cm³/mol. The van der Waals surface area contributed by atoms with E-state index in [-0.39, 0.29) is 6.61 Å². The molecule has 6 nitrogen and oxygen atoms in total. The van der Waals surface area contributed by atoms with Crippen molar-refractivity contribution >= 4 is 17.6 Å². The third-order valence-corrected chi connectivity index (χ3v) is 3.19. The van der Waals surface area contributed by atoms with Gasteiger partial charge in [-0.15, -0.1) is 0 Å². The fraction of sp³-hybridized carbons (Fsp3) is 0.222. The fourth-order valence-electron chi connectivity index (χ4n) is 2.10. The van der Waals surface area contributed by atoms with E-state index >= 15 is 0 Å². The maximum absolute atomic E-state index is 12.0. The Morgan fingerprint density at radius 3 is 2.58 bits per heavy atom. The van der Waals surface area contributed by atoms with Crippen LogP contribution in [0.4, 0.5) is 5.69 Å². The molecule has 2 aromatic rings. The van der Waals surface area contributed by atoms with E-state index in [1.165, 1.54) is 7.11 Å². The van der Waals surface area contributed by atoms with Gasteiger partial charge >= 0.3 is 5.97 Å². The van der Waals surface area contributed by atoms with Gasteiger partial charge in [-0.2, -0.15) is 0 Å². The maximum atomic E-state index is 12.0. The lowest BCUT2D eigenvalue weighted by Gasteiger charge is -2.10. The summed E-state index contributed by atoms with van der Waals surface area (Å²) in [5, 5.41) is 2.64. The number of anilines is 1. The molecule has 0 fully saturated rings. The number of carbonyl (C=O) groups is 2. The first-order chi connectivity index (χ1) is 11.6. The van der Waals surface area contributed by atoms with Crippen molar-refractivity contribution in [3.05, 3.63) is 59.7 Å². The first kappa shape index (κ1) is 17.5. The van der Waals surface area contributed by atoms with Crippen molar-refractivity contribution in [2.24, 2.45) is 0 Å². The molecule has 0 heterocycles. The number of ether oxygens (including phenoxy) is 3. The summed E-state index contributed by atoms with van der Waals surface area (Å²) in [4.78, 5) is 23.9. The fourth-order valence-corrected chi connectivity index (χ4v) is 2.10. The minimum absolute atomic E-state index is 0.370. The van der Waals surface area contributed by atoms with Crippen molar-refractivity contribution in [2.45, 2.75) is 6.61 Å². The van der Waals surface area contributed by atoms with Gasteiger partial charge in [-0.05, 0) is 29.8 Å². The average Bonchev–Trinajstić information content (AvgIpc) is 2.60. The molecular formula is C18H19NO5. The molecule has 126 valence electrons. The number of hydrogen-bond acceptors (Lipinski definition) is 5. The van der Waals surface area contributed by atoms with Gasteiger partial charge in [-0.25, -0.2) is 4.79 Å². The quantitative estimate of drug-likeness (QED) is 0.791. The number of carbonyl (C=O) groups excluding carboxylic acids is 2. The summed E-state index contributed by atoms with van der Waals surface area (Å²) in [6.07, 6.45) is 0. The SMILES string of the molecule is COCc1cccc(C(=O)OCC(=O)Nc2ccccc2OC)c1. The van der Waals surface area contributed by atoms with Crippen LogP contribution < -0.4 is 10.1 Å². The second-order valence-corrected chi connectivity index (χ2v) is 4.96. The normalized spacial score (nSPS) is 10.1. The van der Waals surface area contributed by atoms with Gasteiger partial charge in [-0.1, -0.05) is 24.3 Å². The largest absolute Gasteiger partial charge is 0.495 e. The number of hydrogen-bond donors (Lipinski definition) is 1. The molecule has 0 bridgehead atoms. The van der Waals surface area contributed by atoms with Crippen LogP contribution in [-0.2, 0) is 20.9 Å². The predicted octanol–water partition coefficient (Wildman–Crippen LogP) is 2.64. The summed E-state index contributed by atoms with van der Waals surface area (Å²) in [5.41, 5.74) is 1.74. The highest BCUT2D eigenvalue weighted by molar-refractivity contribution is 5.96. The average molecular weight is 329 g/mol. The monoisotopic (exact) mass is 329 g/mol. The molecule has 2 aromatic carbocycles. The summed E-state index contributed by atoms with van der Waals surface area (Å²) < 4.78 is 15.2. The Balaban J connectivity index is 1.91. The first-order valence-corrected chi connectivity index (χ1v) is 7.32. The Morgan fingerprint density at radius 2 is 1.83 bits per heavy atom. The topological polar surface area (TPSA) is 73.9 Å². The van der Waals surface area contributed by atoms with E-state index in [1.54, 1.807) is 49.6 Å². The summed E-state index contributed by atoms with van der Waals surface area (Å²) in [7, 11) is 3.09. The lowest BCUT2D eigenvalue weighted by molar-refractivity contribution is -0.119. The van der Waals surface area contributed by atoms with Gasteiger partial charge < -0.3 is 19.5 Å². The Morgan fingerprint density at radius 1 is 1.04 bits per heavy atom. The van der Waals surface area contributed by atoms with Crippen molar-refractivity contribution in [1.29, 1.82) is 0 Å². The third kappa shape index (κ3) is 4.82. The van der Waals surface area contributed by atoms with Crippen molar-refractivity contribution in [3.8, 4) is 5.75 Å². The van der Waals surface area contributed by atoms with Gasteiger partial charge in [0.25, 0.3) is 5.91 Å². The van der Waals surface area contributed by atoms with Crippen molar-refractivity contribution < 1.29 is 23.8 Å². The molecule has 0 saturated heterocycles. The smallest absolute Gasteiger partial charge is 0.338 e. The van der Waals surface area contributed by atoms with Crippen LogP contribution in [0.15, 0.2) is 48.5 Å². The number of amides is 1. The molecule has 0 spiro atoms. The highest BCUT2D eigenvalue weighted by atomic mass is 16.5. The Hall–Kier alpha value is -2.86. The van der Waals surface area contributed by atoms with Crippen LogP contribution in [0.25, 0.3) is 0 Å². The van der Waals surface area contributed by atoms with Crippen molar-refractivity contribution in [3.63, 3.8) is 0 Å². The minimum atomic E-state index is -0.567. The molecule has 0 atom stereocenters. The zero-order chi connectivity index (χ0) is 17.4. The molecule has 0 unspecified atom stereocenters. The standard InChI is InChI=1S/C18H19NO5/c1-22-11-13-6-5-7-14(10-13)18(21)24-12-17(20)19-15-8-3-4-9-16(15)23-2/h3-10H,11-12H2,1-2H3,(H,19,20). The Labute approximate surface area is 140 Å². The van der Waals surface area contributed by atoms with Gasteiger partial charge in [-0.3, -0.25) is 4.79 Å². The number of benzene rings is 2. The molecule has 0 radical (unpaired) electrons. The zero-order valence-electron chi connectivity index (χ0n) is 13.6. The lowest BCUT2D eigenvalue weighted by Crippen LogP contribution is -2.21. The van der Waals surface area contributed by atoms with Gasteiger partial charge in [0.15, 0.2) is 6.61 Å². The molecular weight excluding hydrogens is 310 g/mol. The van der Waals surface area contributed by atoms with Crippen LogP contribution in [0.2, 0.25) is 0 Å². The van der Waals surface area contributed by atoms with E-state index in [1.807, 2.05) is 6.07 Å². The summed E-state index contributed by atoms with van der Waals surface area (Å²) >= 11 is 0. The van der Waals surface area contributed by atoms with Crippen LogP contribution in [0.1, 0.15) is 15.9 Å². The molecule has 1 amide bonds. The van der Waals surface area contributed by atoms with E-state index in [0.29, 0.717) is 23.6 Å². The van der Waals surface area contributed by atoms with Crippen molar-refractivity contribution in [2.75, 3.05) is 26.1 Å². The van der Waals surface area contributed by atoms with E-state index in [0.717, 1.165) is 5.56 Å². The number of esters is 1. The van der Waals surface area contributed by atoms with Gasteiger partial charge in [0.1, 0.15) is 5.75 Å². The van der Waals surface area contributed by atoms with E-state index in [2.05, 4.69) is 5.32 Å². The van der Waals surface area contributed by atoms with E-state index in [4.69, 9.17) is 14.2 Å². The summed E-state index contributed by atoms with van der Waals surface area (Å²) in [5.74, 6) is -0.478. The highest BCUT2D eigenvalue weighted by Crippen LogP contribution is 2.22. The molecule has 1 N–H and O–H groups in total.